The van der Waals surface area contributed by atoms with Gasteiger partial charge in [0.05, 0.1) is 26.9 Å². The smallest absolute Gasteiger partial charge is 0.259 e. The highest BCUT2D eigenvalue weighted by atomic mass is 35.5. The third kappa shape index (κ3) is 4.78. The summed E-state index contributed by atoms with van der Waals surface area (Å²) in [5, 5.41) is 0.659. The molecule has 6 nitrogen and oxygen atoms in total. The first-order valence-corrected chi connectivity index (χ1v) is 9.82. The van der Waals surface area contributed by atoms with Crippen LogP contribution in [0.4, 0.5) is 11.5 Å². The molecule has 1 saturated heterocycles. The van der Waals surface area contributed by atoms with E-state index in [9.17, 15) is 0 Å². The second kappa shape index (κ2) is 9.11. The molecule has 1 fully saturated rings. The van der Waals surface area contributed by atoms with Crippen molar-refractivity contribution in [1.82, 2.24) is 9.97 Å². The van der Waals surface area contributed by atoms with Gasteiger partial charge in [0, 0.05) is 29.5 Å². The summed E-state index contributed by atoms with van der Waals surface area (Å²) in [5.41, 5.74) is 1.98. The maximum atomic E-state index is 6.25. The van der Waals surface area contributed by atoms with Crippen LogP contribution < -0.4 is 14.4 Å². The molecule has 0 N–H and O–H groups in total. The van der Waals surface area contributed by atoms with Crippen LogP contribution in [0.25, 0.3) is 0 Å². The van der Waals surface area contributed by atoms with Crippen molar-refractivity contribution in [3.63, 3.8) is 0 Å². The quantitative estimate of drug-likeness (QED) is 0.564. The normalized spacial score (nSPS) is 15.9. The third-order valence-corrected chi connectivity index (χ3v) is 4.89. The number of nitrogens with zero attached hydrogens (tertiary/aromatic N) is 3. The van der Waals surface area contributed by atoms with Gasteiger partial charge in [-0.3, -0.25) is 4.98 Å². The van der Waals surface area contributed by atoms with Crippen LogP contribution in [-0.2, 0) is 11.3 Å². The maximum absolute atomic E-state index is 6.25. The van der Waals surface area contributed by atoms with E-state index in [0.29, 0.717) is 36.4 Å². The fraction of sp³-hybridized carbons (Fsp3) is 0.273. The zero-order chi connectivity index (χ0) is 20.1. The number of rotatable bonds is 7. The van der Waals surface area contributed by atoms with Crippen LogP contribution in [0, 0.1) is 0 Å². The lowest BCUT2D eigenvalue weighted by atomic mass is 10.2. The Morgan fingerprint density at radius 1 is 1.21 bits per heavy atom. The Morgan fingerprint density at radius 2 is 2.14 bits per heavy atom. The summed E-state index contributed by atoms with van der Waals surface area (Å²) < 4.78 is 16.9. The van der Waals surface area contributed by atoms with Gasteiger partial charge >= 0.3 is 0 Å². The van der Waals surface area contributed by atoms with Crippen molar-refractivity contribution in [3.05, 3.63) is 71.5 Å². The Bertz CT molecular complexity index is 949. The lowest BCUT2D eigenvalue weighted by Gasteiger charge is -2.25. The predicted molar refractivity (Wildman–Crippen MR) is 112 cm³/mol. The van der Waals surface area contributed by atoms with Crippen LogP contribution in [0.2, 0.25) is 5.02 Å². The molecular formula is C22H22ClN3O3. The summed E-state index contributed by atoms with van der Waals surface area (Å²) in [7, 11) is 1.61. The van der Waals surface area contributed by atoms with Crippen molar-refractivity contribution in [2.24, 2.45) is 0 Å². The summed E-state index contributed by atoms with van der Waals surface area (Å²) in [6, 6.07) is 15.4. The second-order valence-electron chi connectivity index (χ2n) is 6.71. The number of methoxy groups -OCH3 is 1. The Kier molecular flexibility index (Phi) is 6.12. The summed E-state index contributed by atoms with van der Waals surface area (Å²) >= 11 is 6.25. The van der Waals surface area contributed by atoms with E-state index in [-0.39, 0.29) is 6.10 Å². The molecule has 3 heterocycles. The fourth-order valence-corrected chi connectivity index (χ4v) is 3.38. The zero-order valence-electron chi connectivity index (χ0n) is 16.1. The van der Waals surface area contributed by atoms with E-state index in [1.807, 2.05) is 54.7 Å². The standard InChI is InChI=1S/C22H22ClN3O3/c1-27-20-7-8-21(25-22(20)29-19-9-11-28-15-19)26(14-16-4-3-10-24-13-16)18-6-2-5-17(23)12-18/h2-8,10,12-13,19H,9,11,14-15H2,1H3. The minimum atomic E-state index is -0.0235. The van der Waals surface area contributed by atoms with Crippen LogP contribution in [0.5, 0.6) is 11.6 Å². The largest absolute Gasteiger partial charge is 0.491 e. The first-order valence-electron chi connectivity index (χ1n) is 9.44. The molecule has 1 unspecified atom stereocenters. The molecule has 1 aliphatic heterocycles. The molecule has 4 rings (SSSR count). The van der Waals surface area contributed by atoms with E-state index in [1.165, 1.54) is 0 Å². The lowest BCUT2D eigenvalue weighted by molar-refractivity contribution is 0.135. The maximum Gasteiger partial charge on any atom is 0.259 e. The monoisotopic (exact) mass is 411 g/mol. The molecule has 0 spiro atoms. The summed E-state index contributed by atoms with van der Waals surface area (Å²) in [5.74, 6) is 1.78. The van der Waals surface area contributed by atoms with Crippen LogP contribution in [-0.4, -0.2) is 36.4 Å². The molecule has 7 heteroatoms. The molecule has 0 amide bonds. The van der Waals surface area contributed by atoms with Crippen molar-refractivity contribution < 1.29 is 14.2 Å². The van der Waals surface area contributed by atoms with Gasteiger partial charge in [0.15, 0.2) is 5.75 Å². The number of benzene rings is 1. The molecule has 0 bridgehead atoms. The van der Waals surface area contributed by atoms with Crippen molar-refractivity contribution in [2.45, 2.75) is 19.1 Å². The molecule has 2 aromatic heterocycles. The Labute approximate surface area is 175 Å². The highest BCUT2D eigenvalue weighted by Crippen LogP contribution is 2.34. The van der Waals surface area contributed by atoms with Gasteiger partial charge in [-0.15, -0.1) is 0 Å². The van der Waals surface area contributed by atoms with Crippen LogP contribution in [0.15, 0.2) is 60.9 Å². The van der Waals surface area contributed by atoms with Gasteiger partial charge < -0.3 is 19.1 Å². The summed E-state index contributed by atoms with van der Waals surface area (Å²) in [6.07, 6.45) is 4.41. The molecule has 1 aliphatic rings. The van der Waals surface area contributed by atoms with Gasteiger partial charge in [-0.2, -0.15) is 4.98 Å². The lowest BCUT2D eigenvalue weighted by Crippen LogP contribution is -2.20. The van der Waals surface area contributed by atoms with Crippen LogP contribution in [0.1, 0.15) is 12.0 Å². The highest BCUT2D eigenvalue weighted by Gasteiger charge is 2.22. The second-order valence-corrected chi connectivity index (χ2v) is 7.14. The highest BCUT2D eigenvalue weighted by molar-refractivity contribution is 6.30. The number of hydrogen-bond donors (Lipinski definition) is 0. The van der Waals surface area contributed by atoms with Gasteiger partial charge in [-0.1, -0.05) is 23.7 Å². The first kappa shape index (κ1) is 19.5. The van der Waals surface area contributed by atoms with Gasteiger partial charge in [0.25, 0.3) is 5.88 Å². The SMILES string of the molecule is COc1ccc(N(Cc2cccnc2)c2cccc(Cl)c2)nc1OC1CCOC1. The van der Waals surface area contributed by atoms with Gasteiger partial charge in [0.2, 0.25) is 0 Å². The third-order valence-electron chi connectivity index (χ3n) is 4.66. The summed E-state index contributed by atoms with van der Waals surface area (Å²) in [4.78, 5) is 11.1. The number of halogens is 1. The molecule has 1 aromatic carbocycles. The van der Waals surface area contributed by atoms with E-state index in [4.69, 9.17) is 30.8 Å². The van der Waals surface area contributed by atoms with E-state index < -0.39 is 0 Å². The Balaban J connectivity index is 1.71. The molecule has 1 atom stereocenters. The fourth-order valence-electron chi connectivity index (χ4n) is 3.19. The molecule has 0 radical (unpaired) electrons. The van der Waals surface area contributed by atoms with E-state index >= 15 is 0 Å². The summed E-state index contributed by atoms with van der Waals surface area (Å²) in [6.45, 7) is 1.84. The van der Waals surface area contributed by atoms with E-state index in [0.717, 1.165) is 23.5 Å². The molecular weight excluding hydrogens is 390 g/mol. The average Bonchev–Trinajstić information content (AvgIpc) is 3.26. The Hall–Kier alpha value is -2.83. The van der Waals surface area contributed by atoms with Gasteiger partial charge in [-0.25, -0.2) is 0 Å². The topological polar surface area (TPSA) is 56.7 Å². The number of ether oxygens (including phenoxy) is 3. The van der Waals surface area contributed by atoms with Crippen molar-refractivity contribution in [2.75, 3.05) is 25.2 Å². The average molecular weight is 412 g/mol. The van der Waals surface area contributed by atoms with Crippen molar-refractivity contribution in [3.8, 4) is 11.6 Å². The number of pyridine rings is 2. The van der Waals surface area contributed by atoms with Gasteiger partial charge in [0.1, 0.15) is 11.9 Å². The van der Waals surface area contributed by atoms with Gasteiger partial charge in [-0.05, 0) is 42.0 Å². The number of hydrogen-bond acceptors (Lipinski definition) is 6. The van der Waals surface area contributed by atoms with E-state index in [1.54, 1.807) is 13.3 Å². The van der Waals surface area contributed by atoms with E-state index in [2.05, 4.69) is 9.88 Å². The minimum Gasteiger partial charge on any atom is -0.491 e. The molecule has 0 saturated carbocycles. The molecule has 29 heavy (non-hydrogen) atoms. The molecule has 0 aliphatic carbocycles. The zero-order valence-corrected chi connectivity index (χ0v) is 16.9. The molecule has 3 aromatic rings. The van der Waals surface area contributed by atoms with Crippen molar-refractivity contribution in [1.29, 1.82) is 0 Å². The minimum absolute atomic E-state index is 0.0235. The number of anilines is 2. The predicted octanol–water partition coefficient (Wildman–Crippen LogP) is 4.64. The van der Waals surface area contributed by atoms with Crippen molar-refractivity contribution >= 4 is 23.1 Å². The number of aromatic nitrogens is 2. The van der Waals surface area contributed by atoms with Crippen LogP contribution >= 0.6 is 11.6 Å². The van der Waals surface area contributed by atoms with Crippen LogP contribution in [0.3, 0.4) is 0 Å². The first-order chi connectivity index (χ1) is 14.2. The Morgan fingerprint density at radius 3 is 2.86 bits per heavy atom. The molecule has 150 valence electrons.